The molecule has 0 unspecified atom stereocenters. The number of nitrogens with zero attached hydrogens (tertiary/aromatic N) is 4. The average molecular weight is 299 g/mol. The third-order valence-corrected chi connectivity index (χ3v) is 4.16. The molecule has 0 spiro atoms. The molecule has 1 saturated carbocycles. The van der Waals surface area contributed by atoms with Gasteiger partial charge in [0.1, 0.15) is 0 Å². The molecule has 7 heteroatoms. The maximum Gasteiger partial charge on any atom is 0.233 e. The number of hydrogen-bond donors (Lipinski definition) is 1. The molecule has 2 heterocycles. The van der Waals surface area contributed by atoms with E-state index >= 15 is 0 Å². The van der Waals surface area contributed by atoms with Crippen LogP contribution < -0.4 is 5.73 Å². The Hall–Kier alpha value is -2.57. The van der Waals surface area contributed by atoms with Gasteiger partial charge in [0.2, 0.25) is 17.7 Å². The molecule has 1 aliphatic carbocycles. The summed E-state index contributed by atoms with van der Waals surface area (Å²) in [6, 6.07) is 5.59. The standard InChI is InChI=1S/C15H14FN5O/c16-6-5-15(3-4-15)13-20-12(21-22-13)9-1-2-11-10(7-9)8-18-14(17)19-11/h1-2,7-8H,3-6H2,(H2,17,18,19). The van der Waals surface area contributed by atoms with Crippen molar-refractivity contribution >= 4 is 16.9 Å². The molecule has 4 rings (SSSR count). The minimum Gasteiger partial charge on any atom is -0.368 e. The Morgan fingerprint density at radius 3 is 2.91 bits per heavy atom. The van der Waals surface area contributed by atoms with Crippen LogP contribution in [0.3, 0.4) is 0 Å². The van der Waals surface area contributed by atoms with Crippen molar-refractivity contribution in [1.82, 2.24) is 20.1 Å². The Morgan fingerprint density at radius 1 is 1.27 bits per heavy atom. The molecule has 0 amide bonds. The first-order chi connectivity index (χ1) is 10.7. The summed E-state index contributed by atoms with van der Waals surface area (Å²) in [5.41, 5.74) is 6.90. The van der Waals surface area contributed by atoms with E-state index in [9.17, 15) is 4.39 Å². The smallest absolute Gasteiger partial charge is 0.233 e. The number of nitrogens with two attached hydrogens (primary N) is 1. The van der Waals surface area contributed by atoms with E-state index in [1.165, 1.54) is 0 Å². The molecule has 3 aromatic rings. The number of hydrogen-bond acceptors (Lipinski definition) is 6. The van der Waals surface area contributed by atoms with Gasteiger partial charge < -0.3 is 10.3 Å². The fourth-order valence-electron chi connectivity index (χ4n) is 2.65. The van der Waals surface area contributed by atoms with E-state index in [2.05, 4.69) is 20.1 Å². The zero-order valence-electron chi connectivity index (χ0n) is 11.8. The molecule has 2 aromatic heterocycles. The second-order valence-corrected chi connectivity index (χ2v) is 5.64. The molecule has 0 saturated heterocycles. The second kappa shape index (κ2) is 4.72. The van der Waals surface area contributed by atoms with Gasteiger partial charge in [0.05, 0.1) is 17.6 Å². The summed E-state index contributed by atoms with van der Waals surface area (Å²) in [6.07, 6.45) is 3.92. The predicted octanol–water partition coefficient (Wildman–Crippen LogP) is 2.65. The van der Waals surface area contributed by atoms with Crippen molar-refractivity contribution in [3.8, 4) is 11.4 Å². The lowest BCUT2D eigenvalue weighted by Crippen LogP contribution is -2.07. The van der Waals surface area contributed by atoms with Crippen molar-refractivity contribution < 1.29 is 8.91 Å². The van der Waals surface area contributed by atoms with Crippen LogP contribution in [0.5, 0.6) is 0 Å². The number of fused-ring (bicyclic) bond motifs is 1. The zero-order chi connectivity index (χ0) is 15.2. The summed E-state index contributed by atoms with van der Waals surface area (Å²) >= 11 is 0. The van der Waals surface area contributed by atoms with Crippen LogP contribution in [0.15, 0.2) is 28.9 Å². The predicted molar refractivity (Wildman–Crippen MR) is 78.7 cm³/mol. The normalized spacial score (nSPS) is 16.0. The largest absolute Gasteiger partial charge is 0.368 e. The van der Waals surface area contributed by atoms with E-state index in [0.29, 0.717) is 18.1 Å². The number of rotatable bonds is 4. The molecular weight excluding hydrogens is 285 g/mol. The maximum absolute atomic E-state index is 12.6. The van der Waals surface area contributed by atoms with Crippen LogP contribution >= 0.6 is 0 Å². The number of benzene rings is 1. The van der Waals surface area contributed by atoms with E-state index < -0.39 is 0 Å². The van der Waals surface area contributed by atoms with Gasteiger partial charge in [0.25, 0.3) is 0 Å². The summed E-state index contributed by atoms with van der Waals surface area (Å²) in [7, 11) is 0. The number of aromatic nitrogens is 4. The highest BCUT2D eigenvalue weighted by Crippen LogP contribution is 2.50. The van der Waals surface area contributed by atoms with Crippen LogP contribution in [0.25, 0.3) is 22.3 Å². The van der Waals surface area contributed by atoms with E-state index in [0.717, 1.165) is 29.3 Å². The third-order valence-electron chi connectivity index (χ3n) is 4.16. The summed E-state index contributed by atoms with van der Waals surface area (Å²) in [4.78, 5) is 12.6. The zero-order valence-corrected chi connectivity index (χ0v) is 11.8. The van der Waals surface area contributed by atoms with E-state index in [1.807, 2.05) is 18.2 Å². The lowest BCUT2D eigenvalue weighted by atomic mass is 10.0. The van der Waals surface area contributed by atoms with Crippen LogP contribution in [0.1, 0.15) is 25.2 Å². The molecule has 0 atom stereocenters. The average Bonchev–Trinajstić information content (AvgIpc) is 3.13. The van der Waals surface area contributed by atoms with Gasteiger partial charge >= 0.3 is 0 Å². The second-order valence-electron chi connectivity index (χ2n) is 5.64. The third kappa shape index (κ3) is 2.09. The Kier molecular flexibility index (Phi) is 2.82. The molecule has 0 radical (unpaired) electrons. The minimum absolute atomic E-state index is 0.240. The van der Waals surface area contributed by atoms with E-state index in [1.54, 1.807) is 6.20 Å². The van der Waals surface area contributed by atoms with Crippen LogP contribution in [0.2, 0.25) is 0 Å². The Morgan fingerprint density at radius 2 is 2.14 bits per heavy atom. The number of nitrogen functional groups attached to an aromatic ring is 1. The highest BCUT2D eigenvalue weighted by atomic mass is 19.1. The molecule has 0 aliphatic heterocycles. The lowest BCUT2D eigenvalue weighted by Gasteiger charge is -2.05. The first kappa shape index (κ1) is 13.1. The van der Waals surface area contributed by atoms with E-state index in [-0.39, 0.29) is 18.0 Å². The van der Waals surface area contributed by atoms with Crippen LogP contribution in [0.4, 0.5) is 10.3 Å². The monoisotopic (exact) mass is 299 g/mol. The Bertz CT molecular complexity index is 843. The summed E-state index contributed by atoms with van der Waals surface area (Å²) in [5.74, 6) is 1.27. The van der Waals surface area contributed by atoms with Gasteiger partial charge in [0, 0.05) is 17.1 Å². The van der Waals surface area contributed by atoms with Crippen molar-refractivity contribution in [2.24, 2.45) is 0 Å². The SMILES string of the molecule is Nc1ncc2cc(-c3noc(C4(CCF)CC4)n3)ccc2n1. The quantitative estimate of drug-likeness (QED) is 0.796. The molecule has 1 aromatic carbocycles. The molecule has 0 bridgehead atoms. The van der Waals surface area contributed by atoms with Gasteiger partial charge in [0.15, 0.2) is 0 Å². The molecule has 1 fully saturated rings. The Balaban J connectivity index is 1.70. The summed E-state index contributed by atoms with van der Waals surface area (Å²) in [6.45, 7) is -0.369. The summed E-state index contributed by atoms with van der Waals surface area (Å²) in [5, 5.41) is 4.88. The van der Waals surface area contributed by atoms with Gasteiger partial charge in [-0.05, 0) is 37.5 Å². The van der Waals surface area contributed by atoms with Gasteiger partial charge in [-0.3, -0.25) is 4.39 Å². The van der Waals surface area contributed by atoms with Crippen LogP contribution in [-0.4, -0.2) is 26.8 Å². The topological polar surface area (TPSA) is 90.7 Å². The number of alkyl halides is 1. The Labute approximate surface area is 125 Å². The number of halogens is 1. The molecular formula is C15H14FN5O. The lowest BCUT2D eigenvalue weighted by molar-refractivity contribution is 0.320. The molecule has 22 heavy (non-hydrogen) atoms. The molecule has 6 nitrogen and oxygen atoms in total. The van der Waals surface area contributed by atoms with Crippen molar-refractivity contribution in [1.29, 1.82) is 0 Å². The minimum atomic E-state index is -0.369. The van der Waals surface area contributed by atoms with Gasteiger partial charge in [-0.1, -0.05) is 5.16 Å². The van der Waals surface area contributed by atoms with Gasteiger partial charge in [-0.25, -0.2) is 9.97 Å². The fourth-order valence-corrected chi connectivity index (χ4v) is 2.65. The highest BCUT2D eigenvalue weighted by molar-refractivity contribution is 5.83. The van der Waals surface area contributed by atoms with Gasteiger partial charge in [-0.2, -0.15) is 4.98 Å². The molecule has 1 aliphatic rings. The van der Waals surface area contributed by atoms with Crippen molar-refractivity contribution in [3.05, 3.63) is 30.3 Å². The van der Waals surface area contributed by atoms with Crippen LogP contribution in [0, 0.1) is 0 Å². The van der Waals surface area contributed by atoms with Crippen molar-refractivity contribution in [2.45, 2.75) is 24.7 Å². The first-order valence-corrected chi connectivity index (χ1v) is 7.13. The van der Waals surface area contributed by atoms with Crippen molar-refractivity contribution in [2.75, 3.05) is 12.4 Å². The fraction of sp³-hybridized carbons (Fsp3) is 0.333. The first-order valence-electron chi connectivity index (χ1n) is 7.13. The van der Waals surface area contributed by atoms with E-state index in [4.69, 9.17) is 10.3 Å². The maximum atomic E-state index is 12.6. The van der Waals surface area contributed by atoms with Crippen molar-refractivity contribution in [3.63, 3.8) is 0 Å². The summed E-state index contributed by atoms with van der Waals surface area (Å²) < 4.78 is 18.0. The highest BCUT2D eigenvalue weighted by Gasteiger charge is 2.48. The molecule has 112 valence electrons. The van der Waals surface area contributed by atoms with Crippen LogP contribution in [-0.2, 0) is 5.41 Å². The molecule has 2 N–H and O–H groups in total. The number of anilines is 1. The van der Waals surface area contributed by atoms with Gasteiger partial charge in [-0.15, -0.1) is 0 Å².